The summed E-state index contributed by atoms with van der Waals surface area (Å²) in [6.07, 6.45) is -4.61. The van der Waals surface area contributed by atoms with E-state index in [1.165, 1.54) is 0 Å². The molecule has 0 aliphatic heterocycles. The predicted molar refractivity (Wildman–Crippen MR) is 91.9 cm³/mol. The number of hydrogen-bond acceptors (Lipinski definition) is 7. The van der Waals surface area contributed by atoms with Gasteiger partial charge in [0.1, 0.15) is 17.1 Å². The average molecular weight is 434 g/mol. The summed E-state index contributed by atoms with van der Waals surface area (Å²) in [7, 11) is 1.06. The Morgan fingerprint density at radius 3 is 2.41 bits per heavy atom. The summed E-state index contributed by atoms with van der Waals surface area (Å²) in [5.41, 5.74) is -2.17. The molecule has 0 fully saturated rings. The van der Waals surface area contributed by atoms with Crippen LogP contribution in [0.2, 0.25) is 5.02 Å². The molecule has 0 unspecified atom stereocenters. The smallest absolute Gasteiger partial charge is 0.416 e. The molecular formula is C17H11ClF3NO7. The number of nitro groups is 1. The Morgan fingerprint density at radius 2 is 1.86 bits per heavy atom. The number of carbonyl (C=O) groups is 2. The Morgan fingerprint density at radius 1 is 1.17 bits per heavy atom. The Balaban J connectivity index is 2.32. The van der Waals surface area contributed by atoms with Crippen LogP contribution in [0.25, 0.3) is 0 Å². The van der Waals surface area contributed by atoms with Gasteiger partial charge >= 0.3 is 18.1 Å². The minimum atomic E-state index is -4.61. The summed E-state index contributed by atoms with van der Waals surface area (Å²) in [5, 5.41) is 10.7. The number of rotatable bonds is 6. The summed E-state index contributed by atoms with van der Waals surface area (Å²) in [5.74, 6) is -2.40. The quantitative estimate of drug-likeness (QED) is 0.378. The highest BCUT2D eigenvalue weighted by Gasteiger charge is 2.31. The van der Waals surface area contributed by atoms with Crippen molar-refractivity contribution in [3.8, 4) is 11.5 Å². The first-order valence-electron chi connectivity index (χ1n) is 7.60. The van der Waals surface area contributed by atoms with Crippen LogP contribution in [0.1, 0.15) is 15.9 Å². The SMILES string of the molecule is COC(=O)COC(=O)c1cc(Oc2ccc(C(F)(F)F)cc2Cl)ccc1[N+](=O)[O-]. The summed E-state index contributed by atoms with van der Waals surface area (Å²) in [6, 6.07) is 5.32. The second-order valence-corrected chi connectivity index (χ2v) is 5.74. The molecule has 154 valence electrons. The molecule has 12 heteroatoms. The number of ether oxygens (including phenoxy) is 3. The number of methoxy groups -OCH3 is 1. The van der Waals surface area contributed by atoms with Crippen LogP contribution in [0.15, 0.2) is 36.4 Å². The average Bonchev–Trinajstić information content (AvgIpc) is 2.66. The number of hydrogen-bond donors (Lipinski definition) is 0. The minimum absolute atomic E-state index is 0.137. The molecule has 0 aliphatic carbocycles. The lowest BCUT2D eigenvalue weighted by molar-refractivity contribution is -0.385. The zero-order chi connectivity index (χ0) is 21.8. The first kappa shape index (κ1) is 22.0. The Labute approximate surface area is 165 Å². The molecule has 2 aromatic carbocycles. The number of benzene rings is 2. The van der Waals surface area contributed by atoms with E-state index in [1.807, 2.05) is 0 Å². The van der Waals surface area contributed by atoms with Crippen LogP contribution in [0.3, 0.4) is 0 Å². The van der Waals surface area contributed by atoms with E-state index in [0.717, 1.165) is 37.4 Å². The molecule has 29 heavy (non-hydrogen) atoms. The van der Waals surface area contributed by atoms with E-state index in [9.17, 15) is 32.9 Å². The van der Waals surface area contributed by atoms with Crippen LogP contribution >= 0.6 is 11.6 Å². The Kier molecular flexibility index (Phi) is 6.64. The Hall–Kier alpha value is -3.34. The van der Waals surface area contributed by atoms with Crippen molar-refractivity contribution in [2.45, 2.75) is 6.18 Å². The van der Waals surface area contributed by atoms with Gasteiger partial charge in [0.15, 0.2) is 6.61 Å². The number of carbonyl (C=O) groups excluding carboxylic acids is 2. The standard InChI is InChI=1S/C17H11ClF3NO7/c1-27-15(23)8-28-16(24)11-7-10(3-4-13(11)22(25)26)29-14-5-2-9(6-12(14)18)17(19,20)21/h2-7H,8H2,1H3. The third kappa shape index (κ3) is 5.57. The second-order valence-electron chi connectivity index (χ2n) is 5.33. The van der Waals surface area contributed by atoms with Crippen LogP contribution in [-0.2, 0) is 20.4 Å². The van der Waals surface area contributed by atoms with Gasteiger partial charge in [-0.2, -0.15) is 13.2 Å². The van der Waals surface area contributed by atoms with E-state index in [0.29, 0.717) is 6.07 Å². The fraction of sp³-hybridized carbons (Fsp3) is 0.176. The molecule has 0 aliphatic rings. The van der Waals surface area contributed by atoms with Gasteiger partial charge in [-0.25, -0.2) is 9.59 Å². The number of esters is 2. The van der Waals surface area contributed by atoms with Crippen molar-refractivity contribution < 1.29 is 41.9 Å². The van der Waals surface area contributed by atoms with Crippen molar-refractivity contribution in [1.82, 2.24) is 0 Å². The van der Waals surface area contributed by atoms with Crippen LogP contribution < -0.4 is 4.74 Å². The van der Waals surface area contributed by atoms with Gasteiger partial charge in [-0.15, -0.1) is 0 Å². The fourth-order valence-corrected chi connectivity index (χ4v) is 2.27. The normalized spacial score (nSPS) is 10.9. The lowest BCUT2D eigenvalue weighted by Gasteiger charge is -2.12. The number of nitrogens with zero attached hydrogens (tertiary/aromatic N) is 1. The van der Waals surface area contributed by atoms with E-state index in [-0.39, 0.29) is 16.5 Å². The van der Waals surface area contributed by atoms with Crippen molar-refractivity contribution >= 4 is 29.2 Å². The van der Waals surface area contributed by atoms with Crippen LogP contribution in [0, 0.1) is 10.1 Å². The molecule has 0 saturated heterocycles. The molecule has 0 atom stereocenters. The molecule has 0 radical (unpaired) electrons. The van der Waals surface area contributed by atoms with E-state index >= 15 is 0 Å². The maximum absolute atomic E-state index is 12.7. The first-order chi connectivity index (χ1) is 13.5. The summed E-state index contributed by atoms with van der Waals surface area (Å²) >= 11 is 5.79. The molecule has 2 rings (SSSR count). The molecule has 8 nitrogen and oxygen atoms in total. The first-order valence-corrected chi connectivity index (χ1v) is 7.97. The summed E-state index contributed by atoms with van der Waals surface area (Å²) in [4.78, 5) is 33.4. The maximum atomic E-state index is 12.7. The molecule has 0 N–H and O–H groups in total. The largest absolute Gasteiger partial charge is 0.466 e. The van der Waals surface area contributed by atoms with E-state index < -0.39 is 46.5 Å². The minimum Gasteiger partial charge on any atom is -0.466 e. The van der Waals surface area contributed by atoms with Crippen LogP contribution in [-0.4, -0.2) is 30.6 Å². The van der Waals surface area contributed by atoms with E-state index in [4.69, 9.17) is 16.3 Å². The molecule has 0 saturated carbocycles. The zero-order valence-electron chi connectivity index (χ0n) is 14.5. The highest BCUT2D eigenvalue weighted by atomic mass is 35.5. The summed E-state index contributed by atoms with van der Waals surface area (Å²) in [6.45, 7) is -0.775. The lowest BCUT2D eigenvalue weighted by Crippen LogP contribution is -2.16. The highest BCUT2D eigenvalue weighted by Crippen LogP contribution is 2.37. The molecule has 0 heterocycles. The van der Waals surface area contributed by atoms with Crippen molar-refractivity contribution in [2.24, 2.45) is 0 Å². The van der Waals surface area contributed by atoms with Crippen molar-refractivity contribution in [1.29, 1.82) is 0 Å². The van der Waals surface area contributed by atoms with E-state index in [1.54, 1.807) is 0 Å². The number of nitro benzene ring substituents is 1. The van der Waals surface area contributed by atoms with Gasteiger partial charge in [0, 0.05) is 12.1 Å². The molecule has 0 aromatic heterocycles. The van der Waals surface area contributed by atoms with Gasteiger partial charge in [-0.05, 0) is 24.3 Å². The predicted octanol–water partition coefficient (Wildman–Crippen LogP) is 4.39. The van der Waals surface area contributed by atoms with Crippen LogP contribution in [0.4, 0.5) is 18.9 Å². The highest BCUT2D eigenvalue weighted by molar-refractivity contribution is 6.32. The van der Waals surface area contributed by atoms with Gasteiger partial charge in [-0.3, -0.25) is 10.1 Å². The zero-order valence-corrected chi connectivity index (χ0v) is 15.2. The van der Waals surface area contributed by atoms with Gasteiger partial charge in [-0.1, -0.05) is 11.6 Å². The molecular weight excluding hydrogens is 423 g/mol. The Bertz CT molecular complexity index is 963. The maximum Gasteiger partial charge on any atom is 0.416 e. The van der Waals surface area contributed by atoms with Gasteiger partial charge < -0.3 is 14.2 Å². The molecule has 0 amide bonds. The van der Waals surface area contributed by atoms with Crippen molar-refractivity contribution in [3.63, 3.8) is 0 Å². The molecule has 0 spiro atoms. The van der Waals surface area contributed by atoms with Crippen molar-refractivity contribution in [3.05, 3.63) is 62.7 Å². The van der Waals surface area contributed by atoms with Gasteiger partial charge in [0.25, 0.3) is 5.69 Å². The van der Waals surface area contributed by atoms with E-state index in [2.05, 4.69) is 9.47 Å². The molecule has 2 aromatic rings. The monoisotopic (exact) mass is 433 g/mol. The second kappa shape index (κ2) is 8.78. The lowest BCUT2D eigenvalue weighted by atomic mass is 10.1. The molecule has 0 bridgehead atoms. The van der Waals surface area contributed by atoms with Gasteiger partial charge in [0.2, 0.25) is 0 Å². The number of alkyl halides is 3. The van der Waals surface area contributed by atoms with Crippen LogP contribution in [0.5, 0.6) is 11.5 Å². The topological polar surface area (TPSA) is 105 Å². The fourth-order valence-electron chi connectivity index (χ4n) is 2.05. The van der Waals surface area contributed by atoms with Crippen molar-refractivity contribution in [2.75, 3.05) is 13.7 Å². The third-order valence-corrected chi connectivity index (χ3v) is 3.72. The van der Waals surface area contributed by atoms with Gasteiger partial charge in [0.05, 0.1) is 22.6 Å². The summed E-state index contributed by atoms with van der Waals surface area (Å²) < 4.78 is 52.3. The third-order valence-electron chi connectivity index (χ3n) is 3.42. The number of halogens is 4.